The Hall–Kier alpha value is -0.220. The number of hydrogen-bond donors (Lipinski definition) is 1. The molecule has 1 amide bonds. The second-order valence-electron chi connectivity index (χ2n) is 5.33. The van der Waals surface area contributed by atoms with Gasteiger partial charge in [-0.2, -0.15) is 11.8 Å². The van der Waals surface area contributed by atoms with Gasteiger partial charge in [-0.1, -0.05) is 13.8 Å². The molecule has 1 aliphatic heterocycles. The van der Waals surface area contributed by atoms with Gasteiger partial charge in [-0.25, -0.2) is 0 Å². The number of piperidine rings is 1. The van der Waals surface area contributed by atoms with Gasteiger partial charge < -0.3 is 10.2 Å². The number of amides is 1. The molecule has 1 heterocycles. The molecule has 18 heavy (non-hydrogen) atoms. The summed E-state index contributed by atoms with van der Waals surface area (Å²) in [4.78, 5) is 14.0. The first-order valence-corrected chi connectivity index (χ1v) is 8.37. The van der Waals surface area contributed by atoms with E-state index >= 15 is 0 Å². The van der Waals surface area contributed by atoms with Crippen molar-refractivity contribution >= 4 is 17.7 Å². The highest BCUT2D eigenvalue weighted by Gasteiger charge is 2.19. The van der Waals surface area contributed by atoms with E-state index in [1.165, 1.54) is 12.8 Å². The molecule has 1 fully saturated rings. The molecule has 3 nitrogen and oxygen atoms in total. The fourth-order valence-corrected chi connectivity index (χ4v) is 2.90. The van der Waals surface area contributed by atoms with Gasteiger partial charge in [0.25, 0.3) is 0 Å². The number of nitrogens with zero attached hydrogens (tertiary/aromatic N) is 1. The van der Waals surface area contributed by atoms with E-state index < -0.39 is 0 Å². The predicted octanol–water partition coefficient (Wildman–Crippen LogP) is 2.37. The largest absolute Gasteiger partial charge is 0.343 e. The zero-order chi connectivity index (χ0) is 13.4. The quantitative estimate of drug-likeness (QED) is 0.772. The number of nitrogens with one attached hydrogen (secondary N) is 1. The van der Waals surface area contributed by atoms with Gasteiger partial charge in [-0.3, -0.25) is 4.79 Å². The maximum absolute atomic E-state index is 12.0. The number of likely N-dealkylation sites (tertiary alicyclic amines) is 1. The second kappa shape index (κ2) is 8.81. The van der Waals surface area contributed by atoms with Gasteiger partial charge in [0.2, 0.25) is 5.91 Å². The molecule has 0 aromatic heterocycles. The predicted molar refractivity (Wildman–Crippen MR) is 80.1 cm³/mol. The summed E-state index contributed by atoms with van der Waals surface area (Å²) in [6.07, 6.45) is 2.99. The van der Waals surface area contributed by atoms with Gasteiger partial charge in [-0.05, 0) is 31.4 Å². The highest BCUT2D eigenvalue weighted by molar-refractivity contribution is 7.99. The van der Waals surface area contributed by atoms with Crippen LogP contribution < -0.4 is 5.32 Å². The molecule has 0 spiro atoms. The van der Waals surface area contributed by atoms with Crippen molar-refractivity contribution in [2.45, 2.75) is 46.1 Å². The molecule has 0 aromatic carbocycles. The third-order valence-electron chi connectivity index (χ3n) is 3.54. The summed E-state index contributed by atoms with van der Waals surface area (Å²) in [5, 5.41) is 3.43. The van der Waals surface area contributed by atoms with Crippen LogP contribution in [0.2, 0.25) is 0 Å². The summed E-state index contributed by atoms with van der Waals surface area (Å²) in [5.74, 6) is 3.41. The minimum Gasteiger partial charge on any atom is -0.343 e. The minimum absolute atomic E-state index is 0.324. The Morgan fingerprint density at radius 1 is 1.44 bits per heavy atom. The second-order valence-corrected chi connectivity index (χ2v) is 6.65. The zero-order valence-electron chi connectivity index (χ0n) is 12.1. The summed E-state index contributed by atoms with van der Waals surface area (Å²) in [6, 6.07) is 0.504. The molecule has 1 N–H and O–H groups in total. The number of rotatable bonds is 7. The van der Waals surface area contributed by atoms with Crippen molar-refractivity contribution in [1.29, 1.82) is 0 Å². The molecule has 1 rings (SSSR count). The van der Waals surface area contributed by atoms with Crippen molar-refractivity contribution in [1.82, 2.24) is 10.2 Å². The average Bonchev–Trinajstić information content (AvgIpc) is 2.37. The number of carbonyl (C=O) groups is 1. The minimum atomic E-state index is 0.324. The normalized spacial score (nSPS) is 18.9. The van der Waals surface area contributed by atoms with E-state index in [-0.39, 0.29) is 0 Å². The molecule has 0 aromatic rings. The maximum atomic E-state index is 12.0. The molecule has 1 atom stereocenters. The van der Waals surface area contributed by atoms with E-state index in [9.17, 15) is 4.79 Å². The van der Waals surface area contributed by atoms with E-state index in [1.807, 2.05) is 16.7 Å². The monoisotopic (exact) mass is 272 g/mol. The van der Waals surface area contributed by atoms with Crippen LogP contribution in [-0.2, 0) is 4.79 Å². The topological polar surface area (TPSA) is 32.3 Å². The summed E-state index contributed by atoms with van der Waals surface area (Å²) < 4.78 is 0. The molecule has 0 aliphatic carbocycles. The van der Waals surface area contributed by atoms with Crippen LogP contribution in [0.1, 0.15) is 40.0 Å². The Labute approximate surface area is 116 Å². The van der Waals surface area contributed by atoms with Crippen LogP contribution >= 0.6 is 11.8 Å². The lowest BCUT2D eigenvalue weighted by molar-refractivity contribution is -0.132. The molecular weight excluding hydrogens is 244 g/mol. The number of thioether (sulfide) groups is 1. The highest BCUT2D eigenvalue weighted by Crippen LogP contribution is 2.16. The standard InChI is InChI=1S/C14H28N2OS/c1-4-18-11-13(3)15-8-5-14(17)16-9-6-12(2)7-10-16/h12-13,15H,4-11H2,1-3H3. The smallest absolute Gasteiger partial charge is 0.223 e. The molecule has 0 bridgehead atoms. The van der Waals surface area contributed by atoms with E-state index in [4.69, 9.17) is 0 Å². The van der Waals surface area contributed by atoms with Crippen molar-refractivity contribution in [3.8, 4) is 0 Å². The van der Waals surface area contributed by atoms with Crippen LogP contribution in [0, 0.1) is 5.92 Å². The molecule has 106 valence electrons. The van der Waals surface area contributed by atoms with Gasteiger partial charge in [-0.15, -0.1) is 0 Å². The van der Waals surface area contributed by atoms with Crippen molar-refractivity contribution in [2.75, 3.05) is 31.1 Å². The lowest BCUT2D eigenvalue weighted by Gasteiger charge is -2.30. The van der Waals surface area contributed by atoms with Crippen molar-refractivity contribution in [2.24, 2.45) is 5.92 Å². The summed E-state index contributed by atoms with van der Waals surface area (Å²) >= 11 is 1.95. The molecule has 1 saturated heterocycles. The Morgan fingerprint density at radius 3 is 2.72 bits per heavy atom. The van der Waals surface area contributed by atoms with E-state index in [0.717, 1.165) is 37.1 Å². The van der Waals surface area contributed by atoms with Crippen LogP contribution in [0.3, 0.4) is 0 Å². The molecule has 1 aliphatic rings. The lowest BCUT2D eigenvalue weighted by atomic mass is 9.99. The van der Waals surface area contributed by atoms with Crippen molar-refractivity contribution < 1.29 is 4.79 Å². The molecule has 0 saturated carbocycles. The third kappa shape index (κ3) is 6.10. The Kier molecular flexibility index (Phi) is 7.75. The van der Waals surface area contributed by atoms with Crippen LogP contribution in [0.25, 0.3) is 0 Å². The molecule has 0 radical (unpaired) electrons. The van der Waals surface area contributed by atoms with E-state index in [2.05, 4.69) is 26.1 Å². The first kappa shape index (κ1) is 15.8. The van der Waals surface area contributed by atoms with Crippen molar-refractivity contribution in [3.05, 3.63) is 0 Å². The lowest BCUT2D eigenvalue weighted by Crippen LogP contribution is -2.40. The first-order chi connectivity index (χ1) is 8.63. The fraction of sp³-hybridized carbons (Fsp3) is 0.929. The first-order valence-electron chi connectivity index (χ1n) is 7.22. The highest BCUT2D eigenvalue weighted by atomic mass is 32.2. The molecule has 4 heteroatoms. The fourth-order valence-electron chi connectivity index (χ4n) is 2.20. The van der Waals surface area contributed by atoms with E-state index in [1.54, 1.807) is 0 Å². The SMILES string of the molecule is CCSCC(C)NCCC(=O)N1CCC(C)CC1. The summed E-state index contributed by atoms with van der Waals surface area (Å²) in [6.45, 7) is 9.38. The Morgan fingerprint density at radius 2 is 2.11 bits per heavy atom. The van der Waals surface area contributed by atoms with Crippen LogP contribution in [0.4, 0.5) is 0 Å². The third-order valence-corrected chi connectivity index (χ3v) is 4.68. The summed E-state index contributed by atoms with van der Waals surface area (Å²) in [5.41, 5.74) is 0. The number of hydrogen-bond acceptors (Lipinski definition) is 3. The van der Waals surface area contributed by atoms with Crippen molar-refractivity contribution in [3.63, 3.8) is 0 Å². The van der Waals surface area contributed by atoms with Gasteiger partial charge in [0, 0.05) is 37.8 Å². The van der Waals surface area contributed by atoms with Gasteiger partial charge in [0.1, 0.15) is 0 Å². The number of carbonyl (C=O) groups excluding carboxylic acids is 1. The average molecular weight is 272 g/mol. The van der Waals surface area contributed by atoms with E-state index in [0.29, 0.717) is 18.4 Å². The maximum Gasteiger partial charge on any atom is 0.223 e. The Balaban J connectivity index is 2.09. The van der Waals surface area contributed by atoms with Gasteiger partial charge in [0.05, 0.1) is 0 Å². The zero-order valence-corrected chi connectivity index (χ0v) is 12.9. The van der Waals surface area contributed by atoms with Crippen LogP contribution in [0.15, 0.2) is 0 Å². The van der Waals surface area contributed by atoms with Gasteiger partial charge >= 0.3 is 0 Å². The molecular formula is C14H28N2OS. The Bertz CT molecular complexity index is 240. The summed E-state index contributed by atoms with van der Waals surface area (Å²) in [7, 11) is 0. The van der Waals surface area contributed by atoms with Crippen LogP contribution in [-0.4, -0.2) is 48.0 Å². The molecule has 1 unspecified atom stereocenters. The van der Waals surface area contributed by atoms with Gasteiger partial charge in [0.15, 0.2) is 0 Å². The van der Waals surface area contributed by atoms with Crippen LogP contribution in [0.5, 0.6) is 0 Å².